The fourth-order valence-electron chi connectivity index (χ4n) is 1.99. The van der Waals surface area contributed by atoms with Crippen LogP contribution < -0.4 is 5.32 Å². The first-order valence-corrected chi connectivity index (χ1v) is 6.96. The molecule has 1 atom stereocenters. The molecule has 6 nitrogen and oxygen atoms in total. The zero-order chi connectivity index (χ0) is 13.8. The zero-order valence-electron chi connectivity index (χ0n) is 11.0. The van der Waals surface area contributed by atoms with Gasteiger partial charge in [0, 0.05) is 38.5 Å². The number of ether oxygens (including phenoxy) is 1. The van der Waals surface area contributed by atoms with Crippen LogP contribution in [0.15, 0.2) is 5.38 Å². The lowest BCUT2D eigenvalue weighted by Gasteiger charge is -2.29. The first-order valence-electron chi connectivity index (χ1n) is 6.08. The van der Waals surface area contributed by atoms with E-state index in [-0.39, 0.29) is 17.9 Å². The van der Waals surface area contributed by atoms with E-state index in [2.05, 4.69) is 10.3 Å². The van der Waals surface area contributed by atoms with Crippen molar-refractivity contribution >= 4 is 23.2 Å². The summed E-state index contributed by atoms with van der Waals surface area (Å²) in [7, 11) is 3.34. The number of carbonyl (C=O) groups is 2. The maximum atomic E-state index is 12.0. The molecule has 1 aromatic rings. The molecular formula is C12H17N3O3S. The van der Waals surface area contributed by atoms with Gasteiger partial charge in [-0.25, -0.2) is 4.98 Å². The molecule has 0 saturated carbocycles. The van der Waals surface area contributed by atoms with Crippen molar-refractivity contribution in [2.75, 3.05) is 20.7 Å². The van der Waals surface area contributed by atoms with Gasteiger partial charge in [-0.15, -0.1) is 11.3 Å². The quantitative estimate of drug-likeness (QED) is 0.880. The number of aromatic nitrogens is 1. The lowest BCUT2D eigenvalue weighted by Crippen LogP contribution is -2.48. The lowest BCUT2D eigenvalue weighted by atomic mass is 10.1. The Kier molecular flexibility index (Phi) is 4.49. The van der Waals surface area contributed by atoms with E-state index in [4.69, 9.17) is 4.74 Å². The standard InChI is InChI=1S/C12H17N3O3S/c1-15-5-8(3-4-11(15)16)13-12(17)9-7-19-10(14-9)6-18-2/h7-8H,3-6H2,1-2H3,(H,13,17). The molecule has 1 aliphatic heterocycles. The molecule has 0 aromatic carbocycles. The van der Waals surface area contributed by atoms with E-state index in [0.717, 1.165) is 5.01 Å². The summed E-state index contributed by atoms with van der Waals surface area (Å²) in [6.07, 6.45) is 1.16. The van der Waals surface area contributed by atoms with Gasteiger partial charge in [-0.05, 0) is 6.42 Å². The van der Waals surface area contributed by atoms with E-state index in [1.807, 2.05) is 0 Å². The normalized spacial score (nSPS) is 19.6. The zero-order valence-corrected chi connectivity index (χ0v) is 11.8. The molecule has 1 N–H and O–H groups in total. The Bertz CT molecular complexity index is 475. The summed E-state index contributed by atoms with van der Waals surface area (Å²) < 4.78 is 4.97. The van der Waals surface area contributed by atoms with Crippen LogP contribution in [0.25, 0.3) is 0 Å². The number of piperidine rings is 1. The highest BCUT2D eigenvalue weighted by molar-refractivity contribution is 7.09. The van der Waals surface area contributed by atoms with Gasteiger partial charge in [0.05, 0.1) is 6.61 Å². The molecule has 0 bridgehead atoms. The Morgan fingerprint density at radius 3 is 3.16 bits per heavy atom. The van der Waals surface area contributed by atoms with E-state index in [9.17, 15) is 9.59 Å². The SMILES string of the molecule is COCc1nc(C(=O)NC2CCC(=O)N(C)C2)cs1. The third kappa shape index (κ3) is 3.51. The molecule has 19 heavy (non-hydrogen) atoms. The minimum Gasteiger partial charge on any atom is -0.378 e. The number of hydrogen-bond acceptors (Lipinski definition) is 5. The van der Waals surface area contributed by atoms with E-state index in [0.29, 0.717) is 31.7 Å². The van der Waals surface area contributed by atoms with Crippen molar-refractivity contribution in [1.29, 1.82) is 0 Å². The number of nitrogens with zero attached hydrogens (tertiary/aromatic N) is 2. The molecule has 2 amide bonds. The van der Waals surface area contributed by atoms with Gasteiger partial charge in [-0.2, -0.15) is 0 Å². The molecule has 2 heterocycles. The van der Waals surface area contributed by atoms with Crippen LogP contribution in [-0.2, 0) is 16.1 Å². The predicted molar refractivity (Wildman–Crippen MR) is 71.0 cm³/mol. The smallest absolute Gasteiger partial charge is 0.271 e. The Labute approximate surface area is 115 Å². The summed E-state index contributed by atoms with van der Waals surface area (Å²) in [5, 5.41) is 5.42. The predicted octanol–water partition coefficient (Wildman–Crippen LogP) is 0.640. The van der Waals surface area contributed by atoms with Gasteiger partial charge in [0.25, 0.3) is 5.91 Å². The third-order valence-corrected chi connectivity index (χ3v) is 3.84. The van der Waals surface area contributed by atoms with Gasteiger partial charge >= 0.3 is 0 Å². The van der Waals surface area contributed by atoms with E-state index < -0.39 is 0 Å². The molecule has 1 aromatic heterocycles. The molecule has 1 unspecified atom stereocenters. The van der Waals surface area contributed by atoms with Gasteiger partial charge in [-0.3, -0.25) is 9.59 Å². The first kappa shape index (κ1) is 14.0. The third-order valence-electron chi connectivity index (χ3n) is 3.01. The number of hydrogen-bond donors (Lipinski definition) is 1. The lowest BCUT2D eigenvalue weighted by molar-refractivity contribution is -0.132. The molecule has 0 radical (unpaired) electrons. The van der Waals surface area contributed by atoms with Crippen LogP contribution in [0.3, 0.4) is 0 Å². The minimum atomic E-state index is -0.189. The summed E-state index contributed by atoms with van der Waals surface area (Å²) in [6.45, 7) is 0.970. The van der Waals surface area contributed by atoms with Crippen LogP contribution in [0.2, 0.25) is 0 Å². The number of methoxy groups -OCH3 is 1. The fourth-order valence-corrected chi connectivity index (χ4v) is 2.74. The highest BCUT2D eigenvalue weighted by Gasteiger charge is 2.24. The van der Waals surface area contributed by atoms with Crippen LogP contribution in [-0.4, -0.2) is 48.4 Å². The van der Waals surface area contributed by atoms with Crippen molar-refractivity contribution in [2.24, 2.45) is 0 Å². The highest BCUT2D eigenvalue weighted by Crippen LogP contribution is 2.13. The number of rotatable bonds is 4. The molecule has 0 aliphatic carbocycles. The minimum absolute atomic E-state index is 0.00257. The Morgan fingerprint density at radius 1 is 1.68 bits per heavy atom. The average Bonchev–Trinajstić information content (AvgIpc) is 2.83. The fraction of sp³-hybridized carbons (Fsp3) is 0.583. The topological polar surface area (TPSA) is 71.5 Å². The Morgan fingerprint density at radius 2 is 2.47 bits per heavy atom. The van der Waals surface area contributed by atoms with Crippen molar-refractivity contribution in [3.05, 3.63) is 16.1 Å². The first-order chi connectivity index (χ1) is 9.10. The number of carbonyl (C=O) groups excluding carboxylic acids is 2. The van der Waals surface area contributed by atoms with E-state index >= 15 is 0 Å². The van der Waals surface area contributed by atoms with Crippen LogP contribution in [0.1, 0.15) is 28.3 Å². The molecule has 1 aliphatic rings. The molecular weight excluding hydrogens is 266 g/mol. The van der Waals surface area contributed by atoms with E-state index in [1.54, 1.807) is 24.4 Å². The van der Waals surface area contributed by atoms with Crippen LogP contribution in [0, 0.1) is 0 Å². The van der Waals surface area contributed by atoms with Crippen molar-refractivity contribution in [1.82, 2.24) is 15.2 Å². The average molecular weight is 283 g/mol. The second kappa shape index (κ2) is 6.12. The van der Waals surface area contributed by atoms with Gasteiger partial charge in [-0.1, -0.05) is 0 Å². The molecule has 104 valence electrons. The Balaban J connectivity index is 1.91. The van der Waals surface area contributed by atoms with Gasteiger partial charge in [0.2, 0.25) is 5.91 Å². The van der Waals surface area contributed by atoms with Crippen molar-refractivity contribution in [2.45, 2.75) is 25.5 Å². The van der Waals surface area contributed by atoms with E-state index in [1.165, 1.54) is 11.3 Å². The van der Waals surface area contributed by atoms with Crippen LogP contribution in [0.4, 0.5) is 0 Å². The van der Waals surface area contributed by atoms with Crippen molar-refractivity contribution in [3.8, 4) is 0 Å². The maximum Gasteiger partial charge on any atom is 0.271 e. The molecule has 2 rings (SSSR count). The van der Waals surface area contributed by atoms with Crippen molar-refractivity contribution in [3.63, 3.8) is 0 Å². The number of amides is 2. The van der Waals surface area contributed by atoms with Gasteiger partial charge in [0.1, 0.15) is 10.7 Å². The van der Waals surface area contributed by atoms with Crippen molar-refractivity contribution < 1.29 is 14.3 Å². The van der Waals surface area contributed by atoms with Crippen LogP contribution in [0.5, 0.6) is 0 Å². The summed E-state index contributed by atoms with van der Waals surface area (Å²) in [6, 6.07) is 0.00257. The number of thiazole rings is 1. The largest absolute Gasteiger partial charge is 0.378 e. The summed E-state index contributed by atoms with van der Waals surface area (Å²) in [4.78, 5) is 29.2. The number of likely N-dealkylation sites (tertiary alicyclic amines) is 1. The second-order valence-corrected chi connectivity index (χ2v) is 5.49. The molecule has 1 saturated heterocycles. The van der Waals surface area contributed by atoms with Gasteiger partial charge in [0.15, 0.2) is 0 Å². The monoisotopic (exact) mass is 283 g/mol. The number of nitrogens with one attached hydrogen (secondary N) is 1. The molecule has 0 spiro atoms. The summed E-state index contributed by atoms with van der Waals surface area (Å²) in [5.74, 6) is -0.0621. The summed E-state index contributed by atoms with van der Waals surface area (Å²) >= 11 is 1.40. The van der Waals surface area contributed by atoms with Gasteiger partial charge < -0.3 is 15.0 Å². The molecule has 7 heteroatoms. The second-order valence-electron chi connectivity index (χ2n) is 4.54. The maximum absolute atomic E-state index is 12.0. The highest BCUT2D eigenvalue weighted by atomic mass is 32.1. The summed E-state index contributed by atoms with van der Waals surface area (Å²) in [5.41, 5.74) is 0.414. The van der Waals surface area contributed by atoms with Crippen LogP contribution >= 0.6 is 11.3 Å². The molecule has 1 fully saturated rings. The Hall–Kier alpha value is -1.47. The number of likely N-dealkylation sites (N-methyl/N-ethyl adjacent to an activating group) is 1.